The van der Waals surface area contributed by atoms with E-state index in [0.717, 1.165) is 27.5 Å². The average Bonchev–Trinajstić information content (AvgIpc) is 3.91. The van der Waals surface area contributed by atoms with E-state index in [9.17, 15) is 9.59 Å². The van der Waals surface area contributed by atoms with E-state index < -0.39 is 0 Å². The van der Waals surface area contributed by atoms with Crippen LogP contribution in [0, 0.1) is 0 Å². The topological polar surface area (TPSA) is 120 Å². The summed E-state index contributed by atoms with van der Waals surface area (Å²) in [7, 11) is 4.69. The maximum absolute atomic E-state index is 13.8. The molecule has 0 saturated heterocycles. The van der Waals surface area contributed by atoms with Crippen molar-refractivity contribution in [1.29, 1.82) is 0 Å². The zero-order valence-electron chi connectivity index (χ0n) is 26.7. The van der Waals surface area contributed by atoms with Gasteiger partial charge in [-0.2, -0.15) is 5.10 Å². The Balaban J connectivity index is 1.21. The number of amides is 2. The molecule has 1 N–H and O–H groups in total. The molecule has 6 rings (SSSR count). The number of ether oxygens (including phenoxy) is 3. The van der Waals surface area contributed by atoms with Gasteiger partial charge in [0.2, 0.25) is 0 Å². The second-order valence-corrected chi connectivity index (χ2v) is 12.7. The van der Waals surface area contributed by atoms with Crippen molar-refractivity contribution >= 4 is 40.6 Å². The molecule has 13 heteroatoms. The van der Waals surface area contributed by atoms with Gasteiger partial charge >= 0.3 is 0 Å². The number of nitrogens with zero attached hydrogens (tertiary/aromatic N) is 5. The lowest BCUT2D eigenvalue weighted by Gasteiger charge is -2.22. The van der Waals surface area contributed by atoms with E-state index in [0.29, 0.717) is 41.0 Å². The number of thioether (sulfide) groups is 1. The van der Waals surface area contributed by atoms with Crippen molar-refractivity contribution in [1.82, 2.24) is 25.1 Å². The minimum Gasteiger partial charge on any atom is -0.497 e. The summed E-state index contributed by atoms with van der Waals surface area (Å²) in [5.41, 5.74) is 3.27. The van der Waals surface area contributed by atoms with Gasteiger partial charge in [-0.15, -0.1) is 21.5 Å². The number of hydrazone groups is 1. The number of aromatic nitrogens is 3. The molecule has 3 aromatic carbocycles. The summed E-state index contributed by atoms with van der Waals surface area (Å²) < 4.78 is 17.9. The molecule has 0 radical (unpaired) electrons. The smallest absolute Gasteiger partial charge is 0.253 e. The standard InChI is InChI=1S/C35H34N6O5S2/c1-44-26-13-11-24(12-14-26)30-19-29(31-10-7-15-47-31)39-41(30)33(42)22-48-35-38-37-32(40(35)21-23-8-5-4-6-9-23)20-36-34(43)25-16-27(45-2)18-28(17-25)46-3/h4-18,30H,19-22H2,1-3H3,(H,36,43). The van der Waals surface area contributed by atoms with Crippen LogP contribution in [0.25, 0.3) is 0 Å². The molecule has 1 unspecified atom stereocenters. The number of nitrogens with one attached hydrogen (secondary N) is 1. The lowest BCUT2D eigenvalue weighted by molar-refractivity contribution is -0.130. The van der Waals surface area contributed by atoms with Crippen molar-refractivity contribution < 1.29 is 23.8 Å². The van der Waals surface area contributed by atoms with Gasteiger partial charge in [0.25, 0.3) is 11.8 Å². The Morgan fingerprint density at radius 1 is 0.896 bits per heavy atom. The predicted octanol–water partition coefficient (Wildman–Crippen LogP) is 5.81. The van der Waals surface area contributed by atoms with Crippen LogP contribution in [0.1, 0.15) is 44.6 Å². The number of hydrogen-bond donors (Lipinski definition) is 1. The third-order valence-corrected chi connectivity index (χ3v) is 9.66. The lowest BCUT2D eigenvalue weighted by Crippen LogP contribution is -2.28. The second kappa shape index (κ2) is 15.2. The maximum atomic E-state index is 13.8. The van der Waals surface area contributed by atoms with Crippen LogP contribution >= 0.6 is 23.1 Å². The van der Waals surface area contributed by atoms with Gasteiger partial charge in [-0.3, -0.25) is 9.59 Å². The Hall–Kier alpha value is -5.14. The first-order valence-electron chi connectivity index (χ1n) is 15.1. The van der Waals surface area contributed by atoms with Gasteiger partial charge in [0.05, 0.1) is 56.8 Å². The molecule has 1 aliphatic rings. The van der Waals surface area contributed by atoms with E-state index >= 15 is 0 Å². The summed E-state index contributed by atoms with van der Waals surface area (Å²) in [5, 5.41) is 20.7. The quantitative estimate of drug-likeness (QED) is 0.155. The summed E-state index contributed by atoms with van der Waals surface area (Å²) >= 11 is 2.89. The van der Waals surface area contributed by atoms with Gasteiger partial charge in [0.1, 0.15) is 17.2 Å². The number of hydrogen-bond acceptors (Lipinski definition) is 10. The van der Waals surface area contributed by atoms with Crippen LogP contribution in [0.4, 0.5) is 0 Å². The summed E-state index contributed by atoms with van der Waals surface area (Å²) in [6, 6.07) is 26.4. The molecular formula is C35H34N6O5S2. The van der Waals surface area contributed by atoms with E-state index in [2.05, 4.69) is 15.5 Å². The second-order valence-electron chi connectivity index (χ2n) is 10.8. The highest BCUT2D eigenvalue weighted by molar-refractivity contribution is 7.99. The SMILES string of the molecule is COc1ccc(C2CC(c3cccs3)=NN2C(=O)CSc2nnc(CNC(=O)c3cc(OC)cc(OC)c3)n2Cc2ccccc2)cc1. The highest BCUT2D eigenvalue weighted by atomic mass is 32.2. The summed E-state index contributed by atoms with van der Waals surface area (Å²) in [5.74, 6) is 1.94. The molecule has 2 amide bonds. The van der Waals surface area contributed by atoms with E-state index in [1.54, 1.807) is 41.7 Å². The van der Waals surface area contributed by atoms with Crippen LogP contribution in [0.2, 0.25) is 0 Å². The van der Waals surface area contributed by atoms with E-state index in [1.165, 1.54) is 26.0 Å². The lowest BCUT2D eigenvalue weighted by atomic mass is 10.0. The number of thiophene rings is 1. The number of benzene rings is 3. The molecule has 0 bridgehead atoms. The van der Waals surface area contributed by atoms with E-state index in [-0.39, 0.29) is 30.2 Å². The first-order chi connectivity index (χ1) is 23.4. The number of carbonyl (C=O) groups excluding carboxylic acids is 2. The van der Waals surface area contributed by atoms with Gasteiger partial charge in [-0.05, 0) is 46.8 Å². The van der Waals surface area contributed by atoms with Gasteiger partial charge in [0, 0.05) is 18.1 Å². The van der Waals surface area contributed by atoms with Crippen molar-refractivity contribution in [2.75, 3.05) is 27.1 Å². The molecule has 11 nitrogen and oxygen atoms in total. The van der Waals surface area contributed by atoms with Crippen LogP contribution < -0.4 is 19.5 Å². The van der Waals surface area contributed by atoms with Crippen molar-refractivity contribution in [3.8, 4) is 17.2 Å². The molecule has 0 fully saturated rings. The summed E-state index contributed by atoms with van der Waals surface area (Å²) in [6.07, 6.45) is 0.608. The van der Waals surface area contributed by atoms with Crippen molar-refractivity contribution in [3.63, 3.8) is 0 Å². The molecule has 5 aromatic rings. The highest BCUT2D eigenvalue weighted by Crippen LogP contribution is 2.35. The van der Waals surface area contributed by atoms with E-state index in [4.69, 9.17) is 19.3 Å². The maximum Gasteiger partial charge on any atom is 0.253 e. The number of methoxy groups -OCH3 is 3. The molecule has 0 aliphatic carbocycles. The van der Waals surface area contributed by atoms with Crippen LogP contribution in [0.3, 0.4) is 0 Å². The molecule has 48 heavy (non-hydrogen) atoms. The zero-order chi connectivity index (χ0) is 33.5. The van der Waals surface area contributed by atoms with Crippen LogP contribution in [0.5, 0.6) is 17.2 Å². The summed E-state index contributed by atoms with van der Waals surface area (Å²) in [6.45, 7) is 0.578. The monoisotopic (exact) mass is 682 g/mol. The van der Waals surface area contributed by atoms with Crippen LogP contribution in [0.15, 0.2) is 101 Å². The fourth-order valence-corrected chi connectivity index (χ4v) is 6.82. The summed E-state index contributed by atoms with van der Waals surface area (Å²) in [4.78, 5) is 28.0. The minimum absolute atomic E-state index is 0.0940. The van der Waals surface area contributed by atoms with Crippen molar-refractivity contribution in [3.05, 3.63) is 118 Å². The van der Waals surface area contributed by atoms with Crippen LogP contribution in [-0.4, -0.2) is 64.4 Å². The third kappa shape index (κ3) is 7.53. The normalized spacial score (nSPS) is 14.0. The van der Waals surface area contributed by atoms with Crippen LogP contribution in [-0.2, 0) is 17.9 Å². The fraction of sp³-hybridized carbons (Fsp3) is 0.229. The first kappa shape index (κ1) is 32.8. The molecule has 0 saturated carbocycles. The van der Waals surface area contributed by atoms with Gasteiger partial charge < -0.3 is 24.1 Å². The molecule has 1 aliphatic heterocycles. The van der Waals surface area contributed by atoms with Crippen molar-refractivity contribution in [2.45, 2.75) is 30.7 Å². The Labute approximate surface area is 286 Å². The zero-order valence-corrected chi connectivity index (χ0v) is 28.3. The number of carbonyl (C=O) groups is 2. The molecule has 2 aromatic heterocycles. The van der Waals surface area contributed by atoms with Gasteiger partial charge in [-0.25, -0.2) is 5.01 Å². The molecule has 0 spiro atoms. The highest BCUT2D eigenvalue weighted by Gasteiger charge is 2.33. The molecule has 3 heterocycles. The van der Waals surface area contributed by atoms with Gasteiger partial charge in [-0.1, -0.05) is 60.3 Å². The molecule has 1 atom stereocenters. The fourth-order valence-electron chi connectivity index (χ4n) is 5.29. The Morgan fingerprint density at radius 3 is 2.29 bits per heavy atom. The van der Waals surface area contributed by atoms with Gasteiger partial charge in [0.15, 0.2) is 11.0 Å². The molecular weight excluding hydrogens is 649 g/mol. The Morgan fingerprint density at radius 2 is 1.62 bits per heavy atom. The molecule has 246 valence electrons. The first-order valence-corrected chi connectivity index (χ1v) is 17.0. The average molecular weight is 683 g/mol. The Kier molecular flexibility index (Phi) is 10.4. The largest absolute Gasteiger partial charge is 0.497 e. The van der Waals surface area contributed by atoms with E-state index in [1.807, 2.05) is 76.7 Å². The number of rotatable bonds is 13. The Bertz CT molecular complexity index is 1870. The van der Waals surface area contributed by atoms with Crippen molar-refractivity contribution in [2.24, 2.45) is 5.10 Å². The third-order valence-electron chi connectivity index (χ3n) is 7.79. The minimum atomic E-state index is -0.316. The predicted molar refractivity (Wildman–Crippen MR) is 185 cm³/mol.